The van der Waals surface area contributed by atoms with Crippen molar-refractivity contribution in [2.75, 3.05) is 0 Å². The van der Waals surface area contributed by atoms with E-state index in [1.54, 1.807) is 4.57 Å². The second-order valence-electron chi connectivity index (χ2n) is 5.08. The highest BCUT2D eigenvalue weighted by molar-refractivity contribution is 5.01. The lowest BCUT2D eigenvalue weighted by Crippen LogP contribution is -2.33. The van der Waals surface area contributed by atoms with Crippen molar-refractivity contribution in [1.29, 1.82) is 0 Å². The molecule has 2 heterocycles. The molecule has 1 saturated carbocycles. The summed E-state index contributed by atoms with van der Waals surface area (Å²) < 4.78 is 39.8. The SMILES string of the molecule is FC(F)(F)C1CCc2nnc(CNC3CC3)n2C1. The van der Waals surface area contributed by atoms with Gasteiger partial charge in [0.25, 0.3) is 0 Å². The van der Waals surface area contributed by atoms with Crippen molar-refractivity contribution < 1.29 is 13.2 Å². The molecule has 2 aliphatic rings. The van der Waals surface area contributed by atoms with Gasteiger partial charge >= 0.3 is 6.18 Å². The zero-order valence-corrected chi connectivity index (χ0v) is 9.87. The van der Waals surface area contributed by atoms with Crippen LogP contribution in [0.25, 0.3) is 0 Å². The Morgan fingerprint density at radius 3 is 2.67 bits per heavy atom. The Kier molecular flexibility index (Phi) is 2.80. The molecule has 100 valence electrons. The molecule has 0 saturated heterocycles. The summed E-state index contributed by atoms with van der Waals surface area (Å²) in [5.41, 5.74) is 0. The molecule has 0 amide bonds. The Morgan fingerprint density at radius 2 is 2.00 bits per heavy atom. The lowest BCUT2D eigenvalue weighted by molar-refractivity contribution is -0.182. The fraction of sp³-hybridized carbons (Fsp3) is 0.818. The number of fused-ring (bicyclic) bond motifs is 1. The zero-order valence-electron chi connectivity index (χ0n) is 9.87. The summed E-state index contributed by atoms with van der Waals surface area (Å²) in [6.07, 6.45) is -1.35. The summed E-state index contributed by atoms with van der Waals surface area (Å²) in [5, 5.41) is 11.2. The van der Waals surface area contributed by atoms with E-state index in [-0.39, 0.29) is 13.0 Å². The van der Waals surface area contributed by atoms with Crippen LogP contribution in [-0.2, 0) is 19.5 Å². The molecule has 0 bridgehead atoms. The fourth-order valence-corrected chi connectivity index (χ4v) is 2.30. The van der Waals surface area contributed by atoms with Gasteiger partial charge in [-0.15, -0.1) is 10.2 Å². The molecule has 4 nitrogen and oxygen atoms in total. The molecule has 0 spiro atoms. The van der Waals surface area contributed by atoms with Gasteiger partial charge in [0.15, 0.2) is 0 Å². The second kappa shape index (κ2) is 4.22. The predicted molar refractivity (Wildman–Crippen MR) is 57.7 cm³/mol. The third-order valence-electron chi connectivity index (χ3n) is 3.61. The number of alkyl halides is 3. The van der Waals surface area contributed by atoms with Gasteiger partial charge < -0.3 is 9.88 Å². The fourth-order valence-electron chi connectivity index (χ4n) is 2.30. The first-order valence-electron chi connectivity index (χ1n) is 6.25. The molecule has 1 fully saturated rings. The van der Waals surface area contributed by atoms with Crippen LogP contribution in [-0.4, -0.2) is 27.0 Å². The summed E-state index contributed by atoms with van der Waals surface area (Å²) in [6.45, 7) is 0.482. The van der Waals surface area contributed by atoms with Crippen molar-refractivity contribution in [3.8, 4) is 0 Å². The van der Waals surface area contributed by atoms with Crippen LogP contribution in [0.1, 0.15) is 30.9 Å². The second-order valence-corrected chi connectivity index (χ2v) is 5.08. The normalized spacial score (nSPS) is 24.1. The first-order chi connectivity index (χ1) is 8.54. The minimum atomic E-state index is -4.12. The molecular weight excluding hydrogens is 245 g/mol. The maximum absolute atomic E-state index is 12.7. The van der Waals surface area contributed by atoms with Gasteiger partial charge in [-0.3, -0.25) is 0 Å². The van der Waals surface area contributed by atoms with E-state index in [1.165, 1.54) is 0 Å². The van der Waals surface area contributed by atoms with Crippen molar-refractivity contribution >= 4 is 0 Å². The Hall–Kier alpha value is -1.11. The Balaban J connectivity index is 1.73. The van der Waals surface area contributed by atoms with Crippen LogP contribution < -0.4 is 5.32 Å². The summed E-state index contributed by atoms with van der Waals surface area (Å²) in [5.74, 6) is 0.0506. The van der Waals surface area contributed by atoms with E-state index in [2.05, 4.69) is 15.5 Å². The number of hydrogen-bond donors (Lipinski definition) is 1. The van der Waals surface area contributed by atoms with Crippen molar-refractivity contribution in [2.45, 2.75) is 51.0 Å². The maximum atomic E-state index is 12.7. The highest BCUT2D eigenvalue weighted by atomic mass is 19.4. The van der Waals surface area contributed by atoms with Gasteiger partial charge in [-0.25, -0.2) is 0 Å². The van der Waals surface area contributed by atoms with E-state index in [4.69, 9.17) is 0 Å². The first-order valence-corrected chi connectivity index (χ1v) is 6.25. The van der Waals surface area contributed by atoms with Gasteiger partial charge in [-0.2, -0.15) is 13.2 Å². The average molecular weight is 260 g/mol. The first kappa shape index (κ1) is 12.0. The molecule has 0 radical (unpaired) electrons. The predicted octanol–water partition coefficient (Wildman–Crippen LogP) is 1.65. The molecule has 1 N–H and O–H groups in total. The Morgan fingerprint density at radius 1 is 1.22 bits per heavy atom. The molecule has 3 rings (SSSR count). The molecule has 1 atom stereocenters. The summed E-state index contributed by atoms with van der Waals surface area (Å²) >= 11 is 0. The molecular formula is C11H15F3N4. The molecule has 1 aromatic heterocycles. The zero-order chi connectivity index (χ0) is 12.8. The van der Waals surface area contributed by atoms with Gasteiger partial charge in [0, 0.05) is 19.0 Å². The average Bonchev–Trinajstić information content (AvgIpc) is 3.05. The van der Waals surface area contributed by atoms with Crippen LogP contribution in [0.4, 0.5) is 13.2 Å². The van der Waals surface area contributed by atoms with Gasteiger partial charge in [-0.05, 0) is 19.3 Å². The van der Waals surface area contributed by atoms with E-state index in [9.17, 15) is 13.2 Å². The highest BCUT2D eigenvalue weighted by Crippen LogP contribution is 2.34. The molecule has 0 aromatic carbocycles. The van der Waals surface area contributed by atoms with E-state index >= 15 is 0 Å². The van der Waals surface area contributed by atoms with Crippen molar-refractivity contribution in [3.63, 3.8) is 0 Å². The minimum Gasteiger partial charge on any atom is -0.313 e. The molecule has 1 unspecified atom stereocenters. The quantitative estimate of drug-likeness (QED) is 0.898. The lowest BCUT2D eigenvalue weighted by atomic mass is 9.99. The summed E-state index contributed by atoms with van der Waals surface area (Å²) in [7, 11) is 0. The number of halogens is 3. The summed E-state index contributed by atoms with van der Waals surface area (Å²) in [4.78, 5) is 0. The van der Waals surface area contributed by atoms with Crippen LogP contribution >= 0.6 is 0 Å². The minimum absolute atomic E-state index is 0.0342. The van der Waals surface area contributed by atoms with E-state index < -0.39 is 12.1 Å². The van der Waals surface area contributed by atoms with E-state index in [1.807, 2.05) is 0 Å². The molecule has 18 heavy (non-hydrogen) atoms. The van der Waals surface area contributed by atoms with Crippen LogP contribution in [0, 0.1) is 5.92 Å². The van der Waals surface area contributed by atoms with E-state index in [0.29, 0.717) is 30.7 Å². The Bertz CT molecular complexity index is 436. The van der Waals surface area contributed by atoms with Crippen LogP contribution in [0.5, 0.6) is 0 Å². The molecule has 1 aliphatic carbocycles. The third kappa shape index (κ3) is 2.36. The van der Waals surface area contributed by atoms with Crippen molar-refractivity contribution in [2.24, 2.45) is 5.92 Å². The number of rotatable bonds is 3. The monoisotopic (exact) mass is 260 g/mol. The van der Waals surface area contributed by atoms with Crippen molar-refractivity contribution in [3.05, 3.63) is 11.6 Å². The smallest absolute Gasteiger partial charge is 0.313 e. The largest absolute Gasteiger partial charge is 0.393 e. The molecule has 1 aromatic rings. The third-order valence-corrected chi connectivity index (χ3v) is 3.61. The summed E-state index contributed by atoms with van der Waals surface area (Å²) in [6, 6.07) is 0.514. The van der Waals surface area contributed by atoms with Gasteiger partial charge in [0.1, 0.15) is 11.6 Å². The highest BCUT2D eigenvalue weighted by Gasteiger charge is 2.42. The number of hydrogen-bond acceptors (Lipinski definition) is 3. The van der Waals surface area contributed by atoms with Gasteiger partial charge in [0.05, 0.1) is 12.5 Å². The standard InChI is InChI=1S/C11H15F3N4/c12-11(13,14)7-1-4-9-16-17-10(18(9)6-7)5-15-8-2-3-8/h7-8,15H,1-6H2. The number of nitrogens with one attached hydrogen (secondary N) is 1. The van der Waals surface area contributed by atoms with Gasteiger partial charge in [-0.1, -0.05) is 0 Å². The van der Waals surface area contributed by atoms with Crippen LogP contribution in [0.2, 0.25) is 0 Å². The van der Waals surface area contributed by atoms with Crippen molar-refractivity contribution in [1.82, 2.24) is 20.1 Å². The van der Waals surface area contributed by atoms with E-state index in [0.717, 1.165) is 12.8 Å². The van der Waals surface area contributed by atoms with Crippen LogP contribution in [0.3, 0.4) is 0 Å². The van der Waals surface area contributed by atoms with Gasteiger partial charge in [0.2, 0.25) is 0 Å². The number of nitrogens with zero attached hydrogens (tertiary/aromatic N) is 3. The Labute approximate surface area is 103 Å². The maximum Gasteiger partial charge on any atom is 0.393 e. The topological polar surface area (TPSA) is 42.7 Å². The van der Waals surface area contributed by atoms with Crippen LogP contribution in [0.15, 0.2) is 0 Å². The molecule has 7 heteroatoms. The lowest BCUT2D eigenvalue weighted by Gasteiger charge is -2.26. The number of aromatic nitrogens is 3. The molecule has 1 aliphatic heterocycles. The number of aryl methyl sites for hydroxylation is 1.